The van der Waals surface area contributed by atoms with Crippen molar-refractivity contribution >= 4 is 43.1 Å². The van der Waals surface area contributed by atoms with Crippen LogP contribution in [0.15, 0.2) is 42.7 Å². The number of sulfone groups is 1. The zero-order valence-electron chi connectivity index (χ0n) is 10.9. The van der Waals surface area contributed by atoms with Gasteiger partial charge < -0.3 is 0 Å². The molecule has 110 valence electrons. The topological polar surface area (TPSA) is 89.0 Å². The van der Waals surface area contributed by atoms with Crippen LogP contribution in [0.25, 0.3) is 4.91 Å². The third-order valence-electron chi connectivity index (χ3n) is 3.63. The summed E-state index contributed by atoms with van der Waals surface area (Å²) in [6.45, 7) is 0. The van der Waals surface area contributed by atoms with Crippen molar-refractivity contribution in [3.8, 4) is 0 Å². The van der Waals surface area contributed by atoms with E-state index in [1.807, 2.05) is 0 Å². The van der Waals surface area contributed by atoms with Gasteiger partial charge in [-0.3, -0.25) is 4.79 Å². The summed E-state index contributed by atoms with van der Waals surface area (Å²) in [6.07, 6.45) is 2.89. The first kappa shape index (κ1) is 13.4. The van der Waals surface area contributed by atoms with E-state index in [0.717, 1.165) is 0 Å². The SMILES string of the molecule is O=C1N[N+]2(c3ccnc(Cl)n3)C=C(c3ccccc32)S1(=O)=O. The predicted octanol–water partition coefficient (Wildman–Crippen LogP) is 2.13. The van der Waals surface area contributed by atoms with Crippen LogP contribution < -0.4 is 10.0 Å². The van der Waals surface area contributed by atoms with Gasteiger partial charge in [-0.1, -0.05) is 12.1 Å². The molecule has 1 atom stereocenters. The van der Waals surface area contributed by atoms with Gasteiger partial charge in [0, 0.05) is 18.3 Å². The number of benzene rings is 1. The molecule has 1 unspecified atom stereocenters. The summed E-state index contributed by atoms with van der Waals surface area (Å²) >= 11 is 5.83. The van der Waals surface area contributed by atoms with E-state index < -0.39 is 15.1 Å². The lowest BCUT2D eigenvalue weighted by atomic mass is 10.2. The number of rotatable bonds is 1. The quantitative estimate of drug-likeness (QED) is 0.637. The van der Waals surface area contributed by atoms with E-state index in [0.29, 0.717) is 17.1 Å². The fraction of sp³-hybridized carbons (Fsp3) is 0. The van der Waals surface area contributed by atoms with Gasteiger partial charge in [0.25, 0.3) is 15.7 Å². The van der Waals surface area contributed by atoms with Crippen LogP contribution in [0.1, 0.15) is 5.56 Å². The van der Waals surface area contributed by atoms with E-state index >= 15 is 0 Å². The zero-order valence-corrected chi connectivity index (χ0v) is 12.5. The van der Waals surface area contributed by atoms with E-state index in [2.05, 4.69) is 15.4 Å². The van der Waals surface area contributed by atoms with Crippen LogP contribution in [0.4, 0.5) is 16.3 Å². The smallest absolute Gasteiger partial charge is 0.251 e. The Morgan fingerprint density at radius 1 is 1.18 bits per heavy atom. The average molecular weight is 336 g/mol. The minimum absolute atomic E-state index is 0.00649. The standard InChI is InChI=1S/C13H7ClN4O3S/c14-12-15-6-5-11(16-12)18-7-10(22(20,21)13(19)17-18)8-3-1-2-4-9(8)18/h1-7H/p+1. The van der Waals surface area contributed by atoms with E-state index in [9.17, 15) is 13.2 Å². The number of carbonyl (C=O) groups is 1. The Bertz CT molecular complexity index is 973. The maximum absolute atomic E-state index is 12.2. The summed E-state index contributed by atoms with van der Waals surface area (Å²) < 4.78 is 24.1. The molecule has 0 saturated heterocycles. The molecule has 2 aliphatic heterocycles. The van der Waals surface area contributed by atoms with Gasteiger partial charge >= 0.3 is 5.24 Å². The number of fused-ring (bicyclic) bond motifs is 4. The summed E-state index contributed by atoms with van der Waals surface area (Å²) in [5.74, 6) is 0.353. The minimum Gasteiger partial charge on any atom is -0.251 e. The summed E-state index contributed by atoms with van der Waals surface area (Å²) in [4.78, 5) is 20.0. The molecular weight excluding hydrogens is 328 g/mol. The van der Waals surface area contributed by atoms with Gasteiger partial charge in [-0.05, 0) is 17.7 Å². The molecule has 2 aromatic rings. The van der Waals surface area contributed by atoms with Gasteiger partial charge in [-0.25, -0.2) is 13.4 Å². The molecule has 0 spiro atoms. The monoisotopic (exact) mass is 335 g/mol. The van der Waals surface area contributed by atoms with Crippen LogP contribution in [0.2, 0.25) is 5.28 Å². The Morgan fingerprint density at radius 3 is 2.73 bits per heavy atom. The molecule has 0 radical (unpaired) electrons. The first-order valence-electron chi connectivity index (χ1n) is 6.23. The van der Waals surface area contributed by atoms with Crippen LogP contribution >= 0.6 is 11.6 Å². The van der Waals surface area contributed by atoms with Crippen molar-refractivity contribution in [2.75, 3.05) is 0 Å². The van der Waals surface area contributed by atoms with Gasteiger partial charge in [-0.2, -0.15) is 10.4 Å². The second kappa shape index (κ2) is 4.13. The third kappa shape index (κ3) is 1.54. The van der Waals surface area contributed by atoms with Gasteiger partial charge in [0.1, 0.15) is 4.91 Å². The Morgan fingerprint density at radius 2 is 1.95 bits per heavy atom. The summed E-state index contributed by atoms with van der Waals surface area (Å²) in [6, 6.07) is 8.43. The molecule has 1 N–H and O–H groups in total. The summed E-state index contributed by atoms with van der Waals surface area (Å²) in [5.41, 5.74) is 3.55. The highest BCUT2D eigenvalue weighted by atomic mass is 35.5. The van der Waals surface area contributed by atoms with E-state index in [-0.39, 0.29) is 14.8 Å². The van der Waals surface area contributed by atoms with Crippen LogP contribution in [0, 0.1) is 0 Å². The largest absolute Gasteiger partial charge is 0.386 e. The second-order valence-corrected chi connectivity index (χ2v) is 6.98. The molecule has 4 rings (SSSR count). The number of carbonyl (C=O) groups excluding carboxylic acids is 1. The average Bonchev–Trinajstić information content (AvgIpc) is 2.80. The lowest BCUT2D eigenvalue weighted by Crippen LogP contribution is -2.56. The fourth-order valence-corrected chi connectivity index (χ4v) is 4.05. The highest BCUT2D eigenvalue weighted by Crippen LogP contribution is 2.48. The molecular formula is C13H8ClN4O3S+. The number of nitrogens with one attached hydrogen (secondary N) is 1. The van der Waals surface area contributed by atoms with Crippen molar-refractivity contribution in [2.24, 2.45) is 0 Å². The van der Waals surface area contributed by atoms with Gasteiger partial charge in [0.05, 0.1) is 5.56 Å². The summed E-state index contributed by atoms with van der Waals surface area (Å²) in [7, 11) is -4.06. The number of aromatic nitrogens is 2. The molecule has 0 saturated carbocycles. The third-order valence-corrected chi connectivity index (χ3v) is 5.30. The van der Waals surface area contributed by atoms with Crippen molar-refractivity contribution in [1.29, 1.82) is 0 Å². The normalized spacial score (nSPS) is 24.4. The molecule has 9 heteroatoms. The lowest BCUT2D eigenvalue weighted by Gasteiger charge is -2.29. The fourth-order valence-electron chi connectivity index (χ4n) is 2.68. The molecule has 1 aromatic carbocycles. The Kier molecular flexibility index (Phi) is 2.51. The number of halogens is 1. The molecule has 7 nitrogen and oxygen atoms in total. The van der Waals surface area contributed by atoms with Crippen molar-refractivity contribution in [3.63, 3.8) is 0 Å². The molecule has 1 aromatic heterocycles. The van der Waals surface area contributed by atoms with Crippen LogP contribution in [0.3, 0.4) is 0 Å². The van der Waals surface area contributed by atoms with Crippen molar-refractivity contribution in [3.05, 3.63) is 53.6 Å². The highest BCUT2D eigenvalue weighted by Gasteiger charge is 2.55. The number of amides is 1. The zero-order chi connectivity index (χ0) is 15.5. The van der Waals surface area contributed by atoms with Gasteiger partial charge in [0.15, 0.2) is 11.9 Å². The van der Waals surface area contributed by atoms with Crippen molar-refractivity contribution in [1.82, 2.24) is 20.0 Å². The van der Waals surface area contributed by atoms with Gasteiger partial charge in [0.2, 0.25) is 5.28 Å². The van der Waals surface area contributed by atoms with Crippen molar-refractivity contribution < 1.29 is 13.2 Å². The van der Waals surface area contributed by atoms with Crippen LogP contribution in [-0.2, 0) is 9.84 Å². The molecule has 0 aliphatic carbocycles. The molecule has 2 bridgehead atoms. The Labute approximate surface area is 130 Å². The van der Waals surface area contributed by atoms with Gasteiger partial charge in [-0.15, -0.1) is 4.59 Å². The first-order chi connectivity index (χ1) is 10.4. The molecule has 2 aliphatic rings. The molecule has 3 heterocycles. The van der Waals surface area contributed by atoms with Crippen LogP contribution in [-0.4, -0.2) is 23.6 Å². The second-order valence-electron chi connectivity index (χ2n) is 4.82. The number of quaternary nitrogens is 1. The summed E-state index contributed by atoms with van der Waals surface area (Å²) in [5, 5.41) is -1.07. The van der Waals surface area contributed by atoms with Crippen LogP contribution in [0.5, 0.6) is 0 Å². The lowest BCUT2D eigenvalue weighted by molar-refractivity contribution is 0.244. The molecule has 0 fully saturated rings. The van der Waals surface area contributed by atoms with Crippen molar-refractivity contribution in [2.45, 2.75) is 0 Å². The number of hydrogen-bond donors (Lipinski definition) is 1. The van der Waals surface area contributed by atoms with E-state index in [4.69, 9.17) is 11.6 Å². The van der Waals surface area contributed by atoms with E-state index in [1.54, 1.807) is 30.3 Å². The Hall–Kier alpha value is -2.29. The maximum Gasteiger partial charge on any atom is 0.386 e. The molecule has 22 heavy (non-hydrogen) atoms. The molecule has 1 amide bonds. The first-order valence-corrected chi connectivity index (χ1v) is 8.09. The highest BCUT2D eigenvalue weighted by molar-refractivity contribution is 8.14. The predicted molar refractivity (Wildman–Crippen MR) is 80.4 cm³/mol. The maximum atomic E-state index is 12.2. The minimum atomic E-state index is -4.06. The Balaban J connectivity index is 2.10. The number of nitrogens with zero attached hydrogens (tertiary/aromatic N) is 3. The van der Waals surface area contributed by atoms with E-state index in [1.165, 1.54) is 12.4 Å². The number of para-hydroxylation sites is 1. The number of hydrogen-bond acceptors (Lipinski definition) is 5.